The number of hydrogen-bond donors (Lipinski definition) is 3. The fourth-order valence-corrected chi connectivity index (χ4v) is 2.81. The Kier molecular flexibility index (Phi) is 5.50. The van der Waals surface area contributed by atoms with Crippen LogP contribution in [0.1, 0.15) is 6.42 Å². The molecule has 0 saturated heterocycles. The summed E-state index contributed by atoms with van der Waals surface area (Å²) in [6.07, 6.45) is -0.182. The molecule has 0 aliphatic heterocycles. The van der Waals surface area contributed by atoms with Gasteiger partial charge in [0.15, 0.2) is 0 Å². The van der Waals surface area contributed by atoms with Crippen LogP contribution < -0.4 is 4.72 Å². The Balaban J connectivity index is 2.93. The Morgan fingerprint density at radius 2 is 1.89 bits per heavy atom. The summed E-state index contributed by atoms with van der Waals surface area (Å²) in [6, 6.07) is 4.66. The molecule has 0 radical (unpaired) electrons. The first-order valence-electron chi connectivity index (χ1n) is 4.98. The molecule has 0 aromatic heterocycles. The molecule has 0 amide bonds. The van der Waals surface area contributed by atoms with Crippen molar-refractivity contribution in [2.75, 3.05) is 6.61 Å². The Bertz CT molecular complexity index is 514. The Hall–Kier alpha value is -0.710. The first-order chi connectivity index (χ1) is 8.36. The molecule has 0 aliphatic rings. The van der Waals surface area contributed by atoms with E-state index >= 15 is 0 Å². The summed E-state index contributed by atoms with van der Waals surface area (Å²) in [5.74, 6) is -1.32. The van der Waals surface area contributed by atoms with E-state index in [1.54, 1.807) is 12.1 Å². The number of rotatable bonds is 6. The zero-order valence-corrected chi connectivity index (χ0v) is 12.2. The normalized spacial score (nSPS) is 13.2. The van der Waals surface area contributed by atoms with Crippen molar-refractivity contribution in [1.82, 2.24) is 4.72 Å². The topological polar surface area (TPSA) is 104 Å². The number of hydrogen-bond acceptors (Lipinski definition) is 4. The van der Waals surface area contributed by atoms with Gasteiger partial charge in [-0.3, -0.25) is 4.79 Å². The monoisotopic (exact) mass is 385 g/mol. The van der Waals surface area contributed by atoms with Crippen molar-refractivity contribution < 1.29 is 23.4 Å². The molecule has 1 aromatic carbocycles. The molecule has 1 unspecified atom stereocenters. The second-order valence-electron chi connectivity index (χ2n) is 3.48. The summed E-state index contributed by atoms with van der Waals surface area (Å²) in [6.45, 7) is -0.411. The van der Waals surface area contributed by atoms with Crippen LogP contribution in [0.15, 0.2) is 29.2 Å². The van der Waals surface area contributed by atoms with E-state index in [1.807, 2.05) is 27.3 Å². The number of aliphatic carboxylic acids is 1. The average Bonchev–Trinajstić information content (AvgIpc) is 2.28. The second kappa shape index (κ2) is 6.45. The third kappa shape index (κ3) is 4.19. The van der Waals surface area contributed by atoms with Crippen molar-refractivity contribution in [3.63, 3.8) is 0 Å². The van der Waals surface area contributed by atoms with E-state index in [2.05, 4.69) is 0 Å². The quantitative estimate of drug-likeness (QED) is 0.616. The zero-order valence-electron chi connectivity index (χ0n) is 9.21. The number of carboxylic acids is 1. The zero-order chi connectivity index (χ0) is 13.8. The van der Waals surface area contributed by atoms with E-state index in [0.717, 1.165) is 3.57 Å². The van der Waals surface area contributed by atoms with Gasteiger partial charge in [0, 0.05) is 10.2 Å². The minimum absolute atomic E-state index is 0.00731. The first kappa shape index (κ1) is 15.3. The first-order valence-corrected chi connectivity index (χ1v) is 7.54. The molecule has 0 bridgehead atoms. The molecular formula is C10H12INO5S. The van der Waals surface area contributed by atoms with Crippen molar-refractivity contribution in [3.8, 4) is 0 Å². The van der Waals surface area contributed by atoms with E-state index < -0.39 is 28.6 Å². The number of sulfonamides is 1. The molecule has 0 spiro atoms. The van der Waals surface area contributed by atoms with Crippen LogP contribution in [0.2, 0.25) is 0 Å². The lowest BCUT2D eigenvalue weighted by atomic mass is 10.2. The summed E-state index contributed by atoms with van der Waals surface area (Å²) >= 11 is 2.03. The van der Waals surface area contributed by atoms with Gasteiger partial charge in [-0.15, -0.1) is 0 Å². The molecule has 8 heteroatoms. The van der Waals surface area contributed by atoms with E-state index in [9.17, 15) is 13.2 Å². The lowest BCUT2D eigenvalue weighted by molar-refractivity contribution is -0.139. The predicted molar refractivity (Wildman–Crippen MR) is 72.6 cm³/mol. The van der Waals surface area contributed by atoms with Gasteiger partial charge >= 0.3 is 5.97 Å². The van der Waals surface area contributed by atoms with Gasteiger partial charge in [0.2, 0.25) is 10.0 Å². The van der Waals surface area contributed by atoms with Gasteiger partial charge in [-0.25, -0.2) is 8.42 Å². The molecular weight excluding hydrogens is 373 g/mol. The van der Waals surface area contributed by atoms with Gasteiger partial charge in [0.25, 0.3) is 0 Å². The molecule has 0 aliphatic carbocycles. The van der Waals surface area contributed by atoms with Crippen molar-refractivity contribution in [2.45, 2.75) is 17.4 Å². The lowest BCUT2D eigenvalue weighted by Gasteiger charge is -2.13. The highest BCUT2D eigenvalue weighted by Gasteiger charge is 2.24. The van der Waals surface area contributed by atoms with Crippen LogP contribution in [0, 0.1) is 3.57 Å². The van der Waals surface area contributed by atoms with Gasteiger partial charge in [-0.1, -0.05) is 0 Å². The third-order valence-corrected chi connectivity index (χ3v) is 4.34. The predicted octanol–water partition coefficient (Wildman–Crippen LogP) is 0.405. The molecule has 3 N–H and O–H groups in total. The van der Waals surface area contributed by atoms with E-state index in [4.69, 9.17) is 10.2 Å². The van der Waals surface area contributed by atoms with E-state index in [0.29, 0.717) is 0 Å². The SMILES string of the molecule is O=C(O)C(CCO)NS(=O)(=O)c1ccc(I)cc1. The number of carboxylic acid groups (broad SMARTS) is 1. The lowest BCUT2D eigenvalue weighted by Crippen LogP contribution is -2.41. The molecule has 100 valence electrons. The largest absolute Gasteiger partial charge is 0.480 e. The van der Waals surface area contributed by atoms with E-state index in [-0.39, 0.29) is 11.3 Å². The second-order valence-corrected chi connectivity index (χ2v) is 6.44. The number of aliphatic hydroxyl groups excluding tert-OH is 1. The maximum atomic E-state index is 11.9. The standard InChI is InChI=1S/C10H12INO5S/c11-7-1-3-8(4-2-7)18(16,17)12-9(5-6-13)10(14)15/h1-4,9,12-13H,5-6H2,(H,14,15). The molecule has 0 saturated carbocycles. The van der Waals surface area contributed by atoms with Crippen LogP contribution in [-0.4, -0.2) is 37.2 Å². The number of carbonyl (C=O) groups is 1. The molecule has 0 heterocycles. The van der Waals surface area contributed by atoms with Crippen LogP contribution in [0.5, 0.6) is 0 Å². The van der Waals surface area contributed by atoms with Gasteiger partial charge < -0.3 is 10.2 Å². The maximum Gasteiger partial charge on any atom is 0.321 e. The van der Waals surface area contributed by atoms with Crippen molar-refractivity contribution >= 4 is 38.6 Å². The summed E-state index contributed by atoms with van der Waals surface area (Å²) in [7, 11) is -3.89. The number of nitrogens with one attached hydrogen (secondary N) is 1. The van der Waals surface area contributed by atoms with Gasteiger partial charge in [0.1, 0.15) is 6.04 Å². The third-order valence-electron chi connectivity index (χ3n) is 2.14. The fourth-order valence-electron chi connectivity index (χ4n) is 1.23. The highest BCUT2D eigenvalue weighted by molar-refractivity contribution is 14.1. The Morgan fingerprint density at radius 3 is 2.33 bits per heavy atom. The highest BCUT2D eigenvalue weighted by atomic mass is 127. The molecule has 1 atom stereocenters. The van der Waals surface area contributed by atoms with Crippen molar-refractivity contribution in [2.24, 2.45) is 0 Å². The maximum absolute atomic E-state index is 11.9. The minimum Gasteiger partial charge on any atom is -0.480 e. The van der Waals surface area contributed by atoms with Crippen LogP contribution in [0.3, 0.4) is 0 Å². The summed E-state index contributed by atoms with van der Waals surface area (Å²) < 4.78 is 26.7. The summed E-state index contributed by atoms with van der Waals surface area (Å²) in [5.41, 5.74) is 0. The number of halogens is 1. The minimum atomic E-state index is -3.89. The molecule has 6 nitrogen and oxygen atoms in total. The Morgan fingerprint density at radius 1 is 1.33 bits per heavy atom. The molecule has 1 rings (SSSR count). The smallest absolute Gasteiger partial charge is 0.321 e. The fraction of sp³-hybridized carbons (Fsp3) is 0.300. The average molecular weight is 385 g/mol. The molecule has 0 fully saturated rings. The summed E-state index contributed by atoms with van der Waals surface area (Å²) in [4.78, 5) is 10.8. The number of benzene rings is 1. The van der Waals surface area contributed by atoms with Crippen LogP contribution in [0.4, 0.5) is 0 Å². The van der Waals surface area contributed by atoms with E-state index in [1.165, 1.54) is 12.1 Å². The van der Waals surface area contributed by atoms with Gasteiger partial charge in [-0.2, -0.15) is 4.72 Å². The van der Waals surface area contributed by atoms with Crippen LogP contribution in [0.25, 0.3) is 0 Å². The number of aliphatic hydroxyl groups is 1. The summed E-state index contributed by atoms with van der Waals surface area (Å²) in [5, 5.41) is 17.5. The molecule has 1 aromatic rings. The van der Waals surface area contributed by atoms with Crippen molar-refractivity contribution in [3.05, 3.63) is 27.8 Å². The van der Waals surface area contributed by atoms with Crippen molar-refractivity contribution in [1.29, 1.82) is 0 Å². The molecule has 18 heavy (non-hydrogen) atoms. The van der Waals surface area contributed by atoms with Gasteiger partial charge in [0.05, 0.1) is 4.90 Å². The Labute approximate surface area is 118 Å². The van der Waals surface area contributed by atoms with Crippen LogP contribution >= 0.6 is 22.6 Å². The van der Waals surface area contributed by atoms with Gasteiger partial charge in [-0.05, 0) is 53.3 Å². The van der Waals surface area contributed by atoms with Crippen LogP contribution in [-0.2, 0) is 14.8 Å². The highest BCUT2D eigenvalue weighted by Crippen LogP contribution is 2.12.